The maximum atomic E-state index is 12.6. The topological polar surface area (TPSA) is 20.2 Å². The second-order valence-corrected chi connectivity index (χ2v) is 5.25. The number of rotatable bonds is 2. The smallest absolute Gasteiger partial charge is 0.416 e. The first kappa shape index (κ1) is 14.4. The maximum Gasteiger partial charge on any atom is 0.416 e. The third kappa shape index (κ3) is 2.79. The summed E-state index contributed by atoms with van der Waals surface area (Å²) in [7, 11) is 0. The SMILES string of the molecule is CC(C)(c1ccc(O)cc1)c1ccc(C(F)(F)F)cc1. The van der Waals surface area contributed by atoms with Crippen molar-refractivity contribution >= 4 is 0 Å². The summed E-state index contributed by atoms with van der Waals surface area (Å²) in [4.78, 5) is 0. The summed E-state index contributed by atoms with van der Waals surface area (Å²) in [5, 5.41) is 9.29. The molecule has 0 saturated heterocycles. The van der Waals surface area contributed by atoms with E-state index in [9.17, 15) is 18.3 Å². The Morgan fingerprint density at radius 1 is 0.700 bits per heavy atom. The molecule has 2 aromatic rings. The van der Waals surface area contributed by atoms with Gasteiger partial charge in [-0.1, -0.05) is 38.1 Å². The summed E-state index contributed by atoms with van der Waals surface area (Å²) in [6.07, 6.45) is -4.32. The molecule has 0 bridgehead atoms. The average molecular weight is 280 g/mol. The zero-order valence-corrected chi connectivity index (χ0v) is 11.2. The van der Waals surface area contributed by atoms with Crippen LogP contribution in [0.1, 0.15) is 30.5 Å². The molecule has 0 saturated carbocycles. The summed E-state index contributed by atoms with van der Waals surface area (Å²) in [5.41, 5.74) is 0.631. The van der Waals surface area contributed by atoms with Crippen LogP contribution in [0, 0.1) is 0 Å². The lowest BCUT2D eigenvalue weighted by Crippen LogP contribution is -2.19. The van der Waals surface area contributed by atoms with Crippen molar-refractivity contribution in [3.8, 4) is 5.75 Å². The minimum absolute atomic E-state index is 0.164. The maximum absolute atomic E-state index is 12.6. The minimum Gasteiger partial charge on any atom is -0.508 e. The van der Waals surface area contributed by atoms with Gasteiger partial charge in [-0.15, -0.1) is 0 Å². The van der Waals surface area contributed by atoms with E-state index in [2.05, 4.69) is 0 Å². The van der Waals surface area contributed by atoms with Gasteiger partial charge in [-0.25, -0.2) is 0 Å². The molecule has 0 radical (unpaired) electrons. The van der Waals surface area contributed by atoms with Crippen LogP contribution >= 0.6 is 0 Å². The van der Waals surface area contributed by atoms with Crippen molar-refractivity contribution in [1.82, 2.24) is 0 Å². The molecule has 1 nitrogen and oxygen atoms in total. The van der Waals surface area contributed by atoms with Crippen molar-refractivity contribution in [2.45, 2.75) is 25.4 Å². The van der Waals surface area contributed by atoms with E-state index in [0.717, 1.165) is 23.3 Å². The molecule has 0 aliphatic rings. The molecule has 0 spiro atoms. The minimum atomic E-state index is -4.32. The fourth-order valence-electron chi connectivity index (χ4n) is 2.12. The third-order valence-corrected chi connectivity index (χ3v) is 3.52. The lowest BCUT2D eigenvalue weighted by Gasteiger charge is -2.26. The molecule has 0 unspecified atom stereocenters. The summed E-state index contributed by atoms with van der Waals surface area (Å²) in [6, 6.07) is 11.9. The van der Waals surface area contributed by atoms with Crippen molar-refractivity contribution in [3.05, 3.63) is 65.2 Å². The molecule has 0 heterocycles. The largest absolute Gasteiger partial charge is 0.508 e. The highest BCUT2D eigenvalue weighted by Crippen LogP contribution is 2.35. The standard InChI is InChI=1S/C16H15F3O/c1-15(2,12-7-9-14(20)10-8-12)11-3-5-13(6-4-11)16(17,18)19/h3-10,20H,1-2H3. The molecule has 20 heavy (non-hydrogen) atoms. The summed E-state index contributed by atoms with van der Waals surface area (Å²) in [5.74, 6) is 0.164. The number of phenols is 1. The summed E-state index contributed by atoms with van der Waals surface area (Å²) < 4.78 is 37.7. The first-order valence-corrected chi connectivity index (χ1v) is 6.18. The Labute approximate surface area is 115 Å². The number of hydrogen-bond acceptors (Lipinski definition) is 1. The van der Waals surface area contributed by atoms with E-state index in [-0.39, 0.29) is 5.75 Å². The quantitative estimate of drug-likeness (QED) is 0.842. The van der Waals surface area contributed by atoms with Gasteiger partial charge >= 0.3 is 6.18 Å². The van der Waals surface area contributed by atoms with E-state index in [1.165, 1.54) is 12.1 Å². The number of alkyl halides is 3. The van der Waals surface area contributed by atoms with Gasteiger partial charge in [-0.05, 0) is 35.4 Å². The van der Waals surface area contributed by atoms with Gasteiger partial charge in [-0.3, -0.25) is 0 Å². The zero-order chi connectivity index (χ0) is 15.0. The van der Waals surface area contributed by atoms with E-state index < -0.39 is 17.2 Å². The van der Waals surface area contributed by atoms with Crippen molar-refractivity contribution in [2.75, 3.05) is 0 Å². The van der Waals surface area contributed by atoms with Crippen molar-refractivity contribution < 1.29 is 18.3 Å². The normalized spacial score (nSPS) is 12.4. The molecule has 106 valence electrons. The molecule has 0 amide bonds. The molecule has 0 atom stereocenters. The molecular weight excluding hydrogens is 265 g/mol. The van der Waals surface area contributed by atoms with Crippen LogP contribution in [0.5, 0.6) is 5.75 Å². The molecule has 0 aliphatic carbocycles. The third-order valence-electron chi connectivity index (χ3n) is 3.52. The van der Waals surface area contributed by atoms with Gasteiger partial charge < -0.3 is 5.11 Å². The van der Waals surface area contributed by atoms with Crippen LogP contribution in [-0.2, 0) is 11.6 Å². The van der Waals surface area contributed by atoms with Crippen LogP contribution in [-0.4, -0.2) is 5.11 Å². The Hall–Kier alpha value is -1.97. The van der Waals surface area contributed by atoms with Crippen LogP contribution < -0.4 is 0 Å². The Morgan fingerprint density at radius 3 is 1.45 bits per heavy atom. The first-order chi connectivity index (χ1) is 9.21. The van der Waals surface area contributed by atoms with Crippen LogP contribution in [0.2, 0.25) is 0 Å². The van der Waals surface area contributed by atoms with Gasteiger partial charge in [0.1, 0.15) is 5.75 Å². The van der Waals surface area contributed by atoms with Crippen LogP contribution in [0.25, 0.3) is 0 Å². The van der Waals surface area contributed by atoms with E-state index in [4.69, 9.17) is 0 Å². The van der Waals surface area contributed by atoms with Gasteiger partial charge in [0.15, 0.2) is 0 Å². The van der Waals surface area contributed by atoms with Gasteiger partial charge in [-0.2, -0.15) is 13.2 Å². The Balaban J connectivity index is 2.37. The molecule has 1 N–H and O–H groups in total. The Morgan fingerprint density at radius 2 is 1.05 bits per heavy atom. The van der Waals surface area contributed by atoms with Crippen molar-refractivity contribution in [2.24, 2.45) is 0 Å². The Kier molecular flexibility index (Phi) is 3.50. The van der Waals surface area contributed by atoms with Crippen molar-refractivity contribution in [3.63, 3.8) is 0 Å². The Bertz CT molecular complexity index is 581. The molecule has 2 rings (SSSR count). The molecular formula is C16H15F3O. The average Bonchev–Trinajstić information content (AvgIpc) is 2.38. The number of aromatic hydroxyl groups is 1. The molecule has 0 aliphatic heterocycles. The molecule has 4 heteroatoms. The fourth-order valence-corrected chi connectivity index (χ4v) is 2.12. The summed E-state index contributed by atoms with van der Waals surface area (Å²) >= 11 is 0. The summed E-state index contributed by atoms with van der Waals surface area (Å²) in [6.45, 7) is 3.87. The van der Waals surface area contributed by atoms with E-state index in [0.29, 0.717) is 0 Å². The number of phenolic OH excluding ortho intramolecular Hbond substituents is 1. The predicted molar refractivity (Wildman–Crippen MR) is 71.7 cm³/mol. The van der Waals surface area contributed by atoms with E-state index in [1.807, 2.05) is 13.8 Å². The first-order valence-electron chi connectivity index (χ1n) is 6.18. The van der Waals surface area contributed by atoms with Crippen molar-refractivity contribution in [1.29, 1.82) is 0 Å². The number of halogens is 3. The molecule has 2 aromatic carbocycles. The highest BCUT2D eigenvalue weighted by Gasteiger charge is 2.31. The van der Waals surface area contributed by atoms with Crippen LogP contribution in [0.15, 0.2) is 48.5 Å². The second-order valence-electron chi connectivity index (χ2n) is 5.25. The van der Waals surface area contributed by atoms with E-state index >= 15 is 0 Å². The lowest BCUT2D eigenvalue weighted by atomic mass is 9.78. The van der Waals surface area contributed by atoms with Crippen LogP contribution in [0.4, 0.5) is 13.2 Å². The lowest BCUT2D eigenvalue weighted by molar-refractivity contribution is -0.137. The highest BCUT2D eigenvalue weighted by molar-refractivity contribution is 5.40. The van der Waals surface area contributed by atoms with Gasteiger partial charge in [0.25, 0.3) is 0 Å². The van der Waals surface area contributed by atoms with E-state index in [1.54, 1.807) is 24.3 Å². The van der Waals surface area contributed by atoms with Gasteiger partial charge in [0, 0.05) is 5.41 Å². The molecule has 0 aromatic heterocycles. The highest BCUT2D eigenvalue weighted by atomic mass is 19.4. The monoisotopic (exact) mass is 280 g/mol. The predicted octanol–water partition coefficient (Wildman–Crippen LogP) is 4.74. The van der Waals surface area contributed by atoms with Gasteiger partial charge in [0.2, 0.25) is 0 Å². The number of benzene rings is 2. The zero-order valence-electron chi connectivity index (χ0n) is 11.2. The second kappa shape index (κ2) is 4.85. The number of hydrogen-bond donors (Lipinski definition) is 1. The molecule has 0 fully saturated rings. The van der Waals surface area contributed by atoms with Gasteiger partial charge in [0.05, 0.1) is 5.56 Å². The van der Waals surface area contributed by atoms with Crippen LogP contribution in [0.3, 0.4) is 0 Å². The fraction of sp³-hybridized carbons (Fsp3) is 0.250.